The van der Waals surface area contributed by atoms with Crippen LogP contribution in [0.2, 0.25) is 24.2 Å². The Morgan fingerprint density at radius 3 is 2.00 bits per heavy atom. The van der Waals surface area contributed by atoms with Gasteiger partial charge in [-0.1, -0.05) is 24.3 Å². The van der Waals surface area contributed by atoms with Gasteiger partial charge in [0.15, 0.2) is 0 Å². The van der Waals surface area contributed by atoms with Crippen LogP contribution in [-0.4, -0.2) is 44.2 Å². The maximum atomic E-state index is 9.16. The van der Waals surface area contributed by atoms with E-state index in [1.165, 1.54) is 0 Å². The van der Waals surface area contributed by atoms with Crippen LogP contribution >= 0.6 is 0 Å². The molecule has 3 nitrogen and oxygen atoms in total. The number of rotatable bonds is 13. The van der Waals surface area contributed by atoms with Crippen LogP contribution in [0.5, 0.6) is 0 Å². The van der Waals surface area contributed by atoms with Gasteiger partial charge in [0.25, 0.3) is 0 Å². The van der Waals surface area contributed by atoms with Gasteiger partial charge in [0.2, 0.25) is 0 Å². The van der Waals surface area contributed by atoms with E-state index in [1.807, 2.05) is 18.2 Å². The highest BCUT2D eigenvalue weighted by atomic mass is 28.3. The molecule has 0 saturated heterocycles. The fourth-order valence-corrected chi connectivity index (χ4v) is 6.14. The molecule has 0 fully saturated rings. The Morgan fingerprint density at radius 1 is 1.05 bits per heavy atom. The number of aliphatic hydroxyl groups excluding tert-OH is 2. The zero-order chi connectivity index (χ0) is 14.6. The van der Waals surface area contributed by atoms with Crippen molar-refractivity contribution in [2.45, 2.75) is 36.7 Å². The Kier molecular flexibility index (Phi) is 10.8. The molecule has 0 rings (SSSR count). The Morgan fingerprint density at radius 2 is 1.58 bits per heavy atom. The molecule has 0 aliphatic heterocycles. The predicted molar refractivity (Wildman–Crippen MR) is 84.1 cm³/mol. The minimum Gasteiger partial charge on any atom is -0.394 e. The average Bonchev–Trinajstić information content (AvgIpc) is 2.39. The lowest BCUT2D eigenvalue weighted by Crippen LogP contribution is -2.32. The summed E-state index contributed by atoms with van der Waals surface area (Å²) in [5.74, 6) is 0. The molecule has 0 aliphatic rings. The molecular weight excluding hydrogens is 256 g/mol. The van der Waals surface area contributed by atoms with E-state index >= 15 is 0 Å². The topological polar surface area (TPSA) is 49.7 Å². The van der Waals surface area contributed by atoms with E-state index in [-0.39, 0.29) is 13.2 Å². The number of hydrogen-bond donors (Lipinski definition) is 2. The van der Waals surface area contributed by atoms with Crippen molar-refractivity contribution in [3.63, 3.8) is 0 Å². The summed E-state index contributed by atoms with van der Waals surface area (Å²) >= 11 is 0. The second-order valence-electron chi connectivity index (χ2n) is 4.99. The number of aliphatic hydroxyl groups is 2. The van der Waals surface area contributed by atoms with Crippen LogP contribution in [0.15, 0.2) is 38.0 Å². The molecule has 0 aromatic carbocycles. The van der Waals surface area contributed by atoms with Crippen molar-refractivity contribution in [1.82, 2.24) is 0 Å². The van der Waals surface area contributed by atoms with E-state index in [0.717, 1.165) is 30.6 Å². The molecule has 1 atom stereocenters. The first-order chi connectivity index (χ1) is 9.14. The molecule has 0 spiro atoms. The highest BCUT2D eigenvalue weighted by Crippen LogP contribution is 2.28. The molecule has 0 bridgehead atoms. The van der Waals surface area contributed by atoms with E-state index in [2.05, 4.69) is 19.7 Å². The third-order valence-electron chi connectivity index (χ3n) is 3.25. The second-order valence-corrected chi connectivity index (χ2v) is 9.72. The first-order valence-corrected chi connectivity index (χ1v) is 9.66. The number of hydrogen-bond acceptors (Lipinski definition) is 3. The van der Waals surface area contributed by atoms with E-state index in [0.29, 0.717) is 6.61 Å². The summed E-state index contributed by atoms with van der Waals surface area (Å²) in [4.78, 5) is 0. The number of allylic oxidation sites excluding steroid dienone is 3. The van der Waals surface area contributed by atoms with Crippen molar-refractivity contribution >= 4 is 8.07 Å². The minimum atomic E-state index is -1.43. The third kappa shape index (κ3) is 8.16. The SMILES string of the molecule is C=CC[Si](CC=C)(CC=C)CCCOCC(O)CO. The normalized spacial score (nSPS) is 12.9. The largest absolute Gasteiger partial charge is 0.394 e. The Balaban J connectivity index is 4.13. The van der Waals surface area contributed by atoms with Crippen LogP contribution in [0.25, 0.3) is 0 Å². The first-order valence-electron chi connectivity index (χ1n) is 6.83. The van der Waals surface area contributed by atoms with Gasteiger partial charge in [-0.2, -0.15) is 0 Å². The molecule has 19 heavy (non-hydrogen) atoms. The summed E-state index contributed by atoms with van der Waals surface area (Å²) in [7, 11) is -1.43. The molecule has 0 amide bonds. The average molecular weight is 284 g/mol. The van der Waals surface area contributed by atoms with Crippen LogP contribution in [0, 0.1) is 0 Å². The minimum absolute atomic E-state index is 0.204. The standard InChI is InChI=1S/C15H28O3Si/c1-4-9-19(10-5-2,11-6-3)12-7-8-18-14-15(17)13-16/h4-6,15-17H,1-3,7-14H2. The fourth-order valence-electron chi connectivity index (χ4n) is 2.30. The van der Waals surface area contributed by atoms with Crippen LogP contribution < -0.4 is 0 Å². The molecule has 0 aromatic heterocycles. The monoisotopic (exact) mass is 284 g/mol. The van der Waals surface area contributed by atoms with Gasteiger partial charge in [0.05, 0.1) is 21.3 Å². The maximum absolute atomic E-state index is 9.16. The zero-order valence-corrected chi connectivity index (χ0v) is 12.9. The van der Waals surface area contributed by atoms with Crippen LogP contribution in [0.1, 0.15) is 6.42 Å². The quantitative estimate of drug-likeness (QED) is 0.311. The van der Waals surface area contributed by atoms with Crippen molar-refractivity contribution < 1.29 is 14.9 Å². The van der Waals surface area contributed by atoms with Gasteiger partial charge < -0.3 is 14.9 Å². The first kappa shape index (κ1) is 18.3. The van der Waals surface area contributed by atoms with Gasteiger partial charge in [-0.3, -0.25) is 0 Å². The van der Waals surface area contributed by atoms with Gasteiger partial charge in [0, 0.05) is 6.61 Å². The summed E-state index contributed by atoms with van der Waals surface area (Å²) in [6, 6.07) is 4.37. The summed E-state index contributed by atoms with van der Waals surface area (Å²) in [6.07, 6.45) is 6.23. The molecule has 1 unspecified atom stereocenters. The smallest absolute Gasteiger partial charge is 0.100 e. The molecule has 0 aliphatic carbocycles. The van der Waals surface area contributed by atoms with Crippen LogP contribution in [0.3, 0.4) is 0 Å². The maximum Gasteiger partial charge on any atom is 0.100 e. The summed E-state index contributed by atoms with van der Waals surface area (Å²) in [5, 5.41) is 17.8. The predicted octanol–water partition coefficient (Wildman–Crippen LogP) is 2.75. The summed E-state index contributed by atoms with van der Waals surface area (Å²) in [6.45, 7) is 12.2. The Hall–Kier alpha value is -0.683. The van der Waals surface area contributed by atoms with Crippen molar-refractivity contribution in [3.05, 3.63) is 38.0 Å². The van der Waals surface area contributed by atoms with Crippen LogP contribution in [-0.2, 0) is 4.74 Å². The second kappa shape index (κ2) is 11.2. The lowest BCUT2D eigenvalue weighted by Gasteiger charge is -2.28. The van der Waals surface area contributed by atoms with E-state index < -0.39 is 14.2 Å². The van der Waals surface area contributed by atoms with Crippen molar-refractivity contribution in [1.29, 1.82) is 0 Å². The highest BCUT2D eigenvalue weighted by molar-refractivity contribution is 6.81. The molecule has 0 radical (unpaired) electrons. The van der Waals surface area contributed by atoms with Crippen molar-refractivity contribution in [2.24, 2.45) is 0 Å². The molecule has 4 heteroatoms. The Labute approximate surface area is 118 Å². The summed E-state index contributed by atoms with van der Waals surface area (Å²) in [5.41, 5.74) is 0. The van der Waals surface area contributed by atoms with Gasteiger partial charge >= 0.3 is 0 Å². The van der Waals surface area contributed by atoms with Crippen molar-refractivity contribution in [2.75, 3.05) is 19.8 Å². The van der Waals surface area contributed by atoms with E-state index in [1.54, 1.807) is 0 Å². The molecule has 2 N–H and O–H groups in total. The molecular formula is C15H28O3Si. The lowest BCUT2D eigenvalue weighted by atomic mass is 10.4. The summed E-state index contributed by atoms with van der Waals surface area (Å²) < 4.78 is 5.35. The molecule has 110 valence electrons. The van der Waals surface area contributed by atoms with Crippen molar-refractivity contribution in [3.8, 4) is 0 Å². The number of ether oxygens (including phenoxy) is 1. The zero-order valence-electron chi connectivity index (χ0n) is 11.9. The van der Waals surface area contributed by atoms with Gasteiger partial charge in [-0.25, -0.2) is 0 Å². The fraction of sp³-hybridized carbons (Fsp3) is 0.600. The molecule has 0 saturated carbocycles. The van der Waals surface area contributed by atoms with E-state index in [4.69, 9.17) is 14.9 Å². The highest BCUT2D eigenvalue weighted by Gasteiger charge is 2.27. The van der Waals surface area contributed by atoms with Gasteiger partial charge in [-0.05, 0) is 24.6 Å². The van der Waals surface area contributed by atoms with Crippen LogP contribution in [0.4, 0.5) is 0 Å². The van der Waals surface area contributed by atoms with Gasteiger partial charge in [0.1, 0.15) is 6.10 Å². The molecule has 0 aromatic rings. The third-order valence-corrected chi connectivity index (χ3v) is 8.13. The van der Waals surface area contributed by atoms with Gasteiger partial charge in [-0.15, -0.1) is 19.7 Å². The molecule has 0 heterocycles. The lowest BCUT2D eigenvalue weighted by molar-refractivity contribution is 0.00647. The Bertz CT molecular complexity index is 240. The van der Waals surface area contributed by atoms with E-state index in [9.17, 15) is 0 Å².